The highest BCUT2D eigenvalue weighted by Crippen LogP contribution is 2.32. The van der Waals surface area contributed by atoms with Gasteiger partial charge in [0, 0.05) is 6.07 Å². The molecule has 90 valence electrons. The van der Waals surface area contributed by atoms with Crippen molar-refractivity contribution in [2.45, 2.75) is 26.2 Å². The minimum atomic E-state index is 0.414. The lowest BCUT2D eigenvalue weighted by Crippen LogP contribution is -2.06. The van der Waals surface area contributed by atoms with Crippen molar-refractivity contribution in [2.75, 3.05) is 20.3 Å². The van der Waals surface area contributed by atoms with Gasteiger partial charge in [-0.15, -0.1) is 0 Å². The van der Waals surface area contributed by atoms with Crippen LogP contribution in [0.1, 0.15) is 31.7 Å². The maximum absolute atomic E-state index is 5.63. The molecule has 0 aliphatic carbocycles. The van der Waals surface area contributed by atoms with Gasteiger partial charge < -0.3 is 15.2 Å². The maximum atomic E-state index is 5.63. The highest BCUT2D eigenvalue weighted by atomic mass is 16.5. The first-order valence-electron chi connectivity index (χ1n) is 5.73. The van der Waals surface area contributed by atoms with Gasteiger partial charge in [0.2, 0.25) is 0 Å². The molecule has 0 radical (unpaired) electrons. The number of hydrogen-bond acceptors (Lipinski definition) is 3. The second kappa shape index (κ2) is 6.38. The SMILES string of the molecule is CCOc1cc(OC)ccc1C(C)CCN. The largest absolute Gasteiger partial charge is 0.497 e. The van der Waals surface area contributed by atoms with E-state index >= 15 is 0 Å². The Balaban J connectivity index is 2.97. The van der Waals surface area contributed by atoms with Crippen LogP contribution in [0.3, 0.4) is 0 Å². The van der Waals surface area contributed by atoms with Crippen LogP contribution in [0, 0.1) is 0 Å². The van der Waals surface area contributed by atoms with Crippen molar-refractivity contribution in [1.29, 1.82) is 0 Å². The molecule has 0 aliphatic heterocycles. The molecule has 3 heteroatoms. The molecule has 0 aromatic heterocycles. The van der Waals surface area contributed by atoms with Crippen molar-refractivity contribution in [2.24, 2.45) is 5.73 Å². The summed E-state index contributed by atoms with van der Waals surface area (Å²) in [6, 6.07) is 5.96. The Hall–Kier alpha value is -1.22. The molecule has 1 atom stereocenters. The van der Waals surface area contributed by atoms with E-state index in [2.05, 4.69) is 13.0 Å². The zero-order valence-corrected chi connectivity index (χ0v) is 10.3. The summed E-state index contributed by atoms with van der Waals surface area (Å²) >= 11 is 0. The quantitative estimate of drug-likeness (QED) is 0.806. The lowest BCUT2D eigenvalue weighted by atomic mass is 9.97. The van der Waals surface area contributed by atoms with E-state index in [1.807, 2.05) is 19.1 Å². The third-order valence-corrected chi connectivity index (χ3v) is 2.65. The normalized spacial score (nSPS) is 12.2. The summed E-state index contributed by atoms with van der Waals surface area (Å²) in [6.07, 6.45) is 0.965. The van der Waals surface area contributed by atoms with E-state index in [-0.39, 0.29) is 0 Å². The van der Waals surface area contributed by atoms with Gasteiger partial charge in [-0.2, -0.15) is 0 Å². The molecule has 0 saturated carbocycles. The molecule has 16 heavy (non-hydrogen) atoms. The van der Waals surface area contributed by atoms with E-state index in [0.717, 1.165) is 17.9 Å². The Morgan fingerprint density at radius 3 is 2.69 bits per heavy atom. The first kappa shape index (κ1) is 12.8. The summed E-state index contributed by atoms with van der Waals surface area (Å²) in [6.45, 7) is 5.50. The van der Waals surface area contributed by atoms with E-state index in [1.54, 1.807) is 7.11 Å². The number of ether oxygens (including phenoxy) is 2. The van der Waals surface area contributed by atoms with Crippen LogP contribution in [0.2, 0.25) is 0 Å². The second-order valence-electron chi connectivity index (χ2n) is 3.82. The summed E-state index contributed by atoms with van der Waals surface area (Å²) in [4.78, 5) is 0. The molecular formula is C13H21NO2. The third kappa shape index (κ3) is 3.14. The average molecular weight is 223 g/mol. The predicted octanol–water partition coefficient (Wildman–Crippen LogP) is 2.55. The van der Waals surface area contributed by atoms with E-state index in [0.29, 0.717) is 19.1 Å². The van der Waals surface area contributed by atoms with Crippen molar-refractivity contribution in [3.8, 4) is 11.5 Å². The molecule has 1 unspecified atom stereocenters. The zero-order valence-electron chi connectivity index (χ0n) is 10.3. The Bertz CT molecular complexity index is 326. The van der Waals surface area contributed by atoms with E-state index in [1.165, 1.54) is 5.56 Å². The van der Waals surface area contributed by atoms with Gasteiger partial charge in [-0.3, -0.25) is 0 Å². The molecule has 3 nitrogen and oxygen atoms in total. The van der Waals surface area contributed by atoms with E-state index in [4.69, 9.17) is 15.2 Å². The lowest BCUT2D eigenvalue weighted by Gasteiger charge is -2.16. The summed E-state index contributed by atoms with van der Waals surface area (Å²) in [7, 11) is 1.66. The van der Waals surface area contributed by atoms with Crippen LogP contribution in [-0.2, 0) is 0 Å². The fraction of sp³-hybridized carbons (Fsp3) is 0.538. The zero-order chi connectivity index (χ0) is 12.0. The molecule has 0 saturated heterocycles. The minimum Gasteiger partial charge on any atom is -0.497 e. The monoisotopic (exact) mass is 223 g/mol. The Morgan fingerprint density at radius 1 is 1.38 bits per heavy atom. The van der Waals surface area contributed by atoms with Crippen LogP contribution in [-0.4, -0.2) is 20.3 Å². The Labute approximate surface area is 97.6 Å². The smallest absolute Gasteiger partial charge is 0.126 e. The minimum absolute atomic E-state index is 0.414. The van der Waals surface area contributed by atoms with Gasteiger partial charge >= 0.3 is 0 Å². The van der Waals surface area contributed by atoms with Gasteiger partial charge in [0.25, 0.3) is 0 Å². The molecule has 0 amide bonds. The fourth-order valence-corrected chi connectivity index (χ4v) is 1.73. The lowest BCUT2D eigenvalue weighted by molar-refractivity contribution is 0.330. The molecule has 1 rings (SSSR count). The summed E-state index contributed by atoms with van der Waals surface area (Å²) in [5.41, 5.74) is 6.78. The molecule has 0 heterocycles. The summed E-state index contributed by atoms with van der Waals surface area (Å²) < 4.78 is 10.8. The molecular weight excluding hydrogens is 202 g/mol. The first-order valence-corrected chi connectivity index (χ1v) is 5.73. The molecule has 0 fully saturated rings. The van der Waals surface area contributed by atoms with Crippen LogP contribution in [0.15, 0.2) is 18.2 Å². The maximum Gasteiger partial charge on any atom is 0.126 e. The van der Waals surface area contributed by atoms with Crippen LogP contribution < -0.4 is 15.2 Å². The molecule has 0 bridgehead atoms. The van der Waals surface area contributed by atoms with Crippen molar-refractivity contribution in [3.63, 3.8) is 0 Å². The third-order valence-electron chi connectivity index (χ3n) is 2.65. The second-order valence-corrected chi connectivity index (χ2v) is 3.82. The summed E-state index contributed by atoms with van der Waals surface area (Å²) in [5.74, 6) is 2.15. The Morgan fingerprint density at radius 2 is 2.12 bits per heavy atom. The average Bonchev–Trinajstić information content (AvgIpc) is 2.29. The van der Waals surface area contributed by atoms with Crippen LogP contribution in [0.4, 0.5) is 0 Å². The van der Waals surface area contributed by atoms with Crippen molar-refractivity contribution >= 4 is 0 Å². The molecule has 0 spiro atoms. The van der Waals surface area contributed by atoms with Gasteiger partial charge in [-0.25, -0.2) is 0 Å². The highest BCUT2D eigenvalue weighted by molar-refractivity contribution is 5.42. The number of rotatable bonds is 6. The van der Waals surface area contributed by atoms with Crippen LogP contribution in [0.5, 0.6) is 11.5 Å². The van der Waals surface area contributed by atoms with Gasteiger partial charge in [0.1, 0.15) is 11.5 Å². The number of hydrogen-bond donors (Lipinski definition) is 1. The molecule has 2 N–H and O–H groups in total. The first-order chi connectivity index (χ1) is 7.72. The molecule has 0 aliphatic rings. The van der Waals surface area contributed by atoms with Gasteiger partial charge in [-0.1, -0.05) is 13.0 Å². The number of methoxy groups -OCH3 is 1. The Kier molecular flexibility index (Phi) is 5.12. The van der Waals surface area contributed by atoms with Crippen molar-refractivity contribution < 1.29 is 9.47 Å². The number of nitrogens with two attached hydrogens (primary N) is 1. The standard InChI is InChI=1S/C13H21NO2/c1-4-16-13-9-11(15-3)5-6-12(13)10(2)7-8-14/h5-6,9-10H,4,7-8,14H2,1-3H3. The molecule has 1 aromatic rings. The van der Waals surface area contributed by atoms with Gasteiger partial charge in [0.15, 0.2) is 0 Å². The fourth-order valence-electron chi connectivity index (χ4n) is 1.73. The van der Waals surface area contributed by atoms with Crippen molar-refractivity contribution in [1.82, 2.24) is 0 Å². The highest BCUT2D eigenvalue weighted by Gasteiger charge is 2.12. The topological polar surface area (TPSA) is 44.5 Å². The van der Waals surface area contributed by atoms with Crippen LogP contribution >= 0.6 is 0 Å². The number of benzene rings is 1. The van der Waals surface area contributed by atoms with E-state index in [9.17, 15) is 0 Å². The van der Waals surface area contributed by atoms with Gasteiger partial charge in [-0.05, 0) is 37.4 Å². The van der Waals surface area contributed by atoms with Crippen molar-refractivity contribution in [3.05, 3.63) is 23.8 Å². The predicted molar refractivity (Wildman–Crippen MR) is 66.2 cm³/mol. The van der Waals surface area contributed by atoms with E-state index < -0.39 is 0 Å². The molecule has 1 aromatic carbocycles. The van der Waals surface area contributed by atoms with Crippen LogP contribution in [0.25, 0.3) is 0 Å². The van der Waals surface area contributed by atoms with Gasteiger partial charge in [0.05, 0.1) is 13.7 Å². The summed E-state index contributed by atoms with van der Waals surface area (Å²) in [5, 5.41) is 0.